The van der Waals surface area contributed by atoms with Gasteiger partial charge in [0.15, 0.2) is 0 Å². The third-order valence-corrected chi connectivity index (χ3v) is 18.1. The molecule has 0 aromatic carbocycles. The van der Waals surface area contributed by atoms with E-state index in [-0.39, 0.29) is 36.0 Å². The summed E-state index contributed by atoms with van der Waals surface area (Å²) >= 11 is 0. The van der Waals surface area contributed by atoms with Crippen LogP contribution in [0.3, 0.4) is 0 Å². The van der Waals surface area contributed by atoms with E-state index in [0.717, 1.165) is 82.0 Å². The number of esters is 2. The molecule has 0 aromatic heterocycles. The van der Waals surface area contributed by atoms with Crippen LogP contribution in [-0.2, 0) is 19.1 Å². The predicted molar refractivity (Wildman–Crippen MR) is 315 cm³/mol. The fourth-order valence-corrected chi connectivity index (χ4v) is 12.7. The third-order valence-electron chi connectivity index (χ3n) is 18.1. The van der Waals surface area contributed by atoms with Gasteiger partial charge in [0, 0.05) is 19.6 Å². The average molecular weight is 1030 g/mol. The minimum Gasteiger partial charge on any atom is -0.462 e. The van der Waals surface area contributed by atoms with Crippen LogP contribution in [-0.4, -0.2) is 74.2 Å². The Kier molecular flexibility index (Phi) is 40.6. The molecule has 2 aliphatic heterocycles. The van der Waals surface area contributed by atoms with E-state index in [0.29, 0.717) is 0 Å². The van der Waals surface area contributed by atoms with Gasteiger partial charge in [-0.1, -0.05) is 259 Å². The standard InChI is InChI=1S/C34H65NO2.C33H63NO2/c1-4-6-8-10-12-16-20-24-33(37-34(36)32-26-27-35(3)29-32)25-21-17-13-15-19-23-31-28-30(31)22-18-14-11-9-7-5-2;1-4-6-8-10-12-16-20-24-32(36-33(35)31-27-34(3)28-31)25-21-17-13-15-19-23-30-26-29(30)22-18-14-11-9-7-5-2/h30-33H,4-29H2,1-3H3;29-32H,4-28H2,1-3H3. The quantitative estimate of drug-likeness (QED) is 0.0447. The molecule has 4 aliphatic rings. The molecule has 4 fully saturated rings. The van der Waals surface area contributed by atoms with Crippen LogP contribution >= 0.6 is 0 Å². The average Bonchev–Trinajstić information content (AvgIpc) is 4.27. The van der Waals surface area contributed by atoms with E-state index in [9.17, 15) is 9.59 Å². The Labute approximate surface area is 456 Å². The maximum absolute atomic E-state index is 12.8. The van der Waals surface area contributed by atoms with Crippen molar-refractivity contribution in [3.8, 4) is 0 Å². The van der Waals surface area contributed by atoms with Crippen LogP contribution in [0.15, 0.2) is 0 Å². The normalized spacial score (nSPS) is 21.6. The summed E-state index contributed by atoms with van der Waals surface area (Å²) < 4.78 is 12.1. The van der Waals surface area contributed by atoms with Gasteiger partial charge in [0.25, 0.3) is 0 Å². The predicted octanol–water partition coefficient (Wildman–Crippen LogP) is 19.8. The summed E-state index contributed by atoms with van der Waals surface area (Å²) in [6.45, 7) is 12.8. The minimum absolute atomic E-state index is 0.0704. The number of unbranched alkanes of at least 4 members (excludes halogenated alkanes) is 30. The summed E-state index contributed by atoms with van der Waals surface area (Å²) in [5.74, 6) is 4.67. The van der Waals surface area contributed by atoms with Crippen LogP contribution in [0, 0.1) is 35.5 Å². The number of rotatable bonds is 50. The van der Waals surface area contributed by atoms with Crippen LogP contribution in [0.2, 0.25) is 0 Å². The molecule has 6 heteroatoms. The van der Waals surface area contributed by atoms with Gasteiger partial charge in [-0.2, -0.15) is 0 Å². The second kappa shape index (κ2) is 44.8. The van der Waals surface area contributed by atoms with Crippen LogP contribution in [0.25, 0.3) is 0 Å². The van der Waals surface area contributed by atoms with Gasteiger partial charge >= 0.3 is 11.9 Å². The molecule has 0 amide bonds. The summed E-state index contributed by atoms with van der Waals surface area (Å²) in [6, 6.07) is 0. The highest BCUT2D eigenvalue weighted by Gasteiger charge is 2.36. The number of hydrogen-bond donors (Lipinski definition) is 0. The maximum atomic E-state index is 12.8. The Morgan fingerprint density at radius 3 is 0.890 bits per heavy atom. The molecule has 7 atom stereocenters. The molecule has 430 valence electrons. The highest BCUT2D eigenvalue weighted by Crippen LogP contribution is 2.46. The number of nitrogens with zero attached hydrogens (tertiary/aromatic N) is 2. The number of carbonyl (C=O) groups excluding carboxylic acids is 2. The van der Waals surface area contributed by atoms with Gasteiger partial charge in [0.1, 0.15) is 12.2 Å². The fraction of sp³-hybridized carbons (Fsp3) is 0.970. The molecule has 2 saturated carbocycles. The zero-order valence-corrected chi connectivity index (χ0v) is 50.2. The molecule has 73 heavy (non-hydrogen) atoms. The lowest BCUT2D eigenvalue weighted by Crippen LogP contribution is -2.49. The fourth-order valence-electron chi connectivity index (χ4n) is 12.7. The Hall–Kier alpha value is -1.14. The van der Waals surface area contributed by atoms with Crippen molar-refractivity contribution in [1.82, 2.24) is 9.80 Å². The van der Waals surface area contributed by atoms with Gasteiger partial charge in [-0.05, 0) is 115 Å². The summed E-state index contributed by atoms with van der Waals surface area (Å²) in [6.07, 6.45) is 63.9. The minimum atomic E-state index is 0.0704. The molecule has 2 heterocycles. The Bertz CT molecular complexity index is 1270. The van der Waals surface area contributed by atoms with Gasteiger partial charge in [0.05, 0.1) is 11.8 Å². The zero-order valence-electron chi connectivity index (χ0n) is 50.2. The number of ether oxygens (including phenoxy) is 2. The van der Waals surface area contributed by atoms with Crippen molar-refractivity contribution in [3.63, 3.8) is 0 Å². The van der Waals surface area contributed by atoms with Crippen LogP contribution in [0.4, 0.5) is 0 Å². The first-order chi connectivity index (χ1) is 35.8. The van der Waals surface area contributed by atoms with Crippen LogP contribution in [0.5, 0.6) is 0 Å². The maximum Gasteiger partial charge on any atom is 0.311 e. The molecular formula is C67H128N2O4. The molecule has 4 rings (SSSR count). The smallest absolute Gasteiger partial charge is 0.311 e. The highest BCUT2D eigenvalue weighted by molar-refractivity contribution is 5.74. The van der Waals surface area contributed by atoms with Crippen molar-refractivity contribution >= 4 is 11.9 Å². The topological polar surface area (TPSA) is 59.1 Å². The molecule has 0 spiro atoms. The lowest BCUT2D eigenvalue weighted by Gasteiger charge is -2.35. The molecular weight excluding hydrogens is 897 g/mol. The zero-order chi connectivity index (χ0) is 52.4. The highest BCUT2D eigenvalue weighted by atomic mass is 16.5. The number of carbonyl (C=O) groups is 2. The van der Waals surface area contributed by atoms with E-state index in [2.05, 4.69) is 51.6 Å². The monoisotopic (exact) mass is 1020 g/mol. The Morgan fingerprint density at radius 2 is 0.616 bits per heavy atom. The van der Waals surface area contributed by atoms with Crippen molar-refractivity contribution in [1.29, 1.82) is 0 Å². The van der Waals surface area contributed by atoms with Gasteiger partial charge < -0.3 is 19.3 Å². The van der Waals surface area contributed by atoms with Gasteiger partial charge in [-0.25, -0.2) is 0 Å². The van der Waals surface area contributed by atoms with Crippen molar-refractivity contribution in [2.45, 2.75) is 342 Å². The van der Waals surface area contributed by atoms with E-state index in [1.165, 1.54) is 270 Å². The van der Waals surface area contributed by atoms with Crippen molar-refractivity contribution in [3.05, 3.63) is 0 Å². The molecule has 2 aliphatic carbocycles. The van der Waals surface area contributed by atoms with Crippen molar-refractivity contribution in [2.24, 2.45) is 35.5 Å². The summed E-state index contributed by atoms with van der Waals surface area (Å²) in [4.78, 5) is 29.8. The van der Waals surface area contributed by atoms with E-state index in [4.69, 9.17) is 9.47 Å². The van der Waals surface area contributed by atoms with Crippen LogP contribution < -0.4 is 0 Å². The Balaban J connectivity index is 0.000000385. The summed E-state index contributed by atoms with van der Waals surface area (Å²) in [5, 5.41) is 0. The second-order valence-corrected chi connectivity index (χ2v) is 25.4. The molecule has 0 aromatic rings. The molecule has 0 bridgehead atoms. The number of likely N-dealkylation sites (tertiary alicyclic amines) is 2. The lowest BCUT2D eigenvalue weighted by molar-refractivity contribution is -0.160. The largest absolute Gasteiger partial charge is 0.462 e. The molecule has 0 radical (unpaired) electrons. The van der Waals surface area contributed by atoms with Gasteiger partial charge in [0.2, 0.25) is 0 Å². The number of hydrogen-bond acceptors (Lipinski definition) is 6. The molecule has 0 N–H and O–H groups in total. The van der Waals surface area contributed by atoms with Crippen molar-refractivity contribution < 1.29 is 19.1 Å². The summed E-state index contributed by atoms with van der Waals surface area (Å²) in [5.41, 5.74) is 0. The molecule has 6 nitrogen and oxygen atoms in total. The molecule has 2 saturated heterocycles. The lowest BCUT2D eigenvalue weighted by atomic mass is 9.99. The van der Waals surface area contributed by atoms with E-state index < -0.39 is 0 Å². The first kappa shape index (κ1) is 66.1. The SMILES string of the molecule is CCCCCCCCCC(CCCCCCCC1CC1CCCCCCCC)OC(=O)C1CCN(C)C1.CCCCCCCCCC(CCCCCCCC1CC1CCCCCCCC)OC(=O)C1CN(C)C1. The third kappa shape index (κ3) is 35.1. The first-order valence-corrected chi connectivity index (χ1v) is 33.6. The first-order valence-electron chi connectivity index (χ1n) is 33.6. The van der Waals surface area contributed by atoms with Crippen LogP contribution in [0.1, 0.15) is 329 Å². The van der Waals surface area contributed by atoms with E-state index >= 15 is 0 Å². The Morgan fingerprint density at radius 1 is 0.356 bits per heavy atom. The van der Waals surface area contributed by atoms with E-state index in [1.54, 1.807) is 0 Å². The molecule has 7 unspecified atom stereocenters. The summed E-state index contributed by atoms with van der Waals surface area (Å²) in [7, 11) is 4.20. The van der Waals surface area contributed by atoms with Gasteiger partial charge in [-0.3, -0.25) is 9.59 Å². The van der Waals surface area contributed by atoms with E-state index in [1.807, 2.05) is 0 Å². The second-order valence-electron chi connectivity index (χ2n) is 25.4. The van der Waals surface area contributed by atoms with Gasteiger partial charge in [-0.15, -0.1) is 0 Å². The van der Waals surface area contributed by atoms with Crippen molar-refractivity contribution in [2.75, 3.05) is 40.3 Å².